The molecule has 1 aliphatic rings. The molecule has 0 heterocycles. The molecule has 0 N–H and O–H groups in total. The maximum atomic E-state index is 13.6. The monoisotopic (exact) mass is 378 g/mol. The van der Waals surface area contributed by atoms with Gasteiger partial charge >= 0.3 is 6.18 Å². The Hall–Kier alpha value is -2.04. The smallest absolute Gasteiger partial charge is 0.417 e. The van der Waals surface area contributed by atoms with Gasteiger partial charge < -0.3 is 4.74 Å². The van der Waals surface area contributed by atoms with Crippen molar-refractivity contribution in [2.45, 2.75) is 58.7 Å². The molecule has 2 aromatic rings. The molecule has 1 saturated carbocycles. The van der Waals surface area contributed by atoms with Crippen LogP contribution >= 0.6 is 0 Å². The van der Waals surface area contributed by atoms with Crippen molar-refractivity contribution in [3.05, 3.63) is 41.5 Å². The molecular weight excluding hydrogens is 353 g/mol. The fourth-order valence-electron chi connectivity index (χ4n) is 4.05. The summed E-state index contributed by atoms with van der Waals surface area (Å²) in [6, 6.07) is 7.09. The molecule has 3 rings (SSSR count). The van der Waals surface area contributed by atoms with Crippen molar-refractivity contribution in [2.24, 2.45) is 11.3 Å². The van der Waals surface area contributed by atoms with E-state index in [1.807, 2.05) is 0 Å². The molecule has 146 valence electrons. The third kappa shape index (κ3) is 4.12. The number of alkyl halides is 3. The zero-order valence-electron chi connectivity index (χ0n) is 15.9. The molecule has 0 atom stereocenters. The van der Waals surface area contributed by atoms with Crippen molar-refractivity contribution in [3.63, 3.8) is 0 Å². The van der Waals surface area contributed by atoms with Gasteiger partial charge in [0, 0.05) is 0 Å². The second-order valence-electron chi connectivity index (χ2n) is 8.45. The van der Waals surface area contributed by atoms with E-state index in [1.165, 1.54) is 12.1 Å². The molecule has 1 fully saturated rings. The zero-order valence-corrected chi connectivity index (χ0v) is 15.9. The summed E-state index contributed by atoms with van der Waals surface area (Å²) in [7, 11) is 0. The molecule has 0 bridgehead atoms. The second kappa shape index (κ2) is 7.17. The van der Waals surface area contributed by atoms with E-state index < -0.39 is 11.7 Å². The SMILES string of the molecule is CC(C)(C)[C@H]1CC[C@H](Oc2cc(C(F)(F)F)c3ccccc3c2C=O)CC1. The molecular formula is C22H25F3O2. The van der Waals surface area contributed by atoms with Crippen LogP contribution in [0.1, 0.15) is 62.4 Å². The average molecular weight is 378 g/mol. The molecule has 0 radical (unpaired) electrons. The number of hydrogen-bond acceptors (Lipinski definition) is 2. The lowest BCUT2D eigenvalue weighted by molar-refractivity contribution is -0.136. The van der Waals surface area contributed by atoms with Crippen LogP contribution < -0.4 is 4.74 Å². The highest BCUT2D eigenvalue weighted by molar-refractivity contribution is 6.02. The normalized spacial score (nSPS) is 21.3. The number of halogens is 3. The number of rotatable bonds is 3. The number of fused-ring (bicyclic) bond motifs is 1. The minimum Gasteiger partial charge on any atom is -0.490 e. The van der Waals surface area contributed by atoms with Crippen LogP contribution in [-0.4, -0.2) is 12.4 Å². The van der Waals surface area contributed by atoms with Crippen LogP contribution in [0.4, 0.5) is 13.2 Å². The minimum atomic E-state index is -4.51. The molecule has 0 unspecified atom stereocenters. The van der Waals surface area contributed by atoms with E-state index in [2.05, 4.69) is 20.8 Å². The highest BCUT2D eigenvalue weighted by Crippen LogP contribution is 2.42. The zero-order chi connectivity index (χ0) is 19.8. The van der Waals surface area contributed by atoms with Gasteiger partial charge in [0.15, 0.2) is 6.29 Å². The van der Waals surface area contributed by atoms with Crippen LogP contribution in [-0.2, 0) is 6.18 Å². The first-order valence-electron chi connectivity index (χ1n) is 9.36. The standard InChI is InChI=1S/C22H25F3O2/c1-21(2,3)14-8-10-15(11-9-14)27-20-12-19(22(23,24)25)17-7-5-4-6-16(17)18(20)13-26/h4-7,12-15H,8-11H2,1-3H3/t14-,15-. The third-order valence-electron chi connectivity index (χ3n) is 5.66. The molecule has 0 saturated heterocycles. The predicted molar refractivity (Wildman–Crippen MR) is 100 cm³/mol. The highest BCUT2D eigenvalue weighted by atomic mass is 19.4. The first-order valence-corrected chi connectivity index (χ1v) is 9.36. The Morgan fingerprint density at radius 1 is 1.00 bits per heavy atom. The maximum Gasteiger partial charge on any atom is 0.417 e. The summed E-state index contributed by atoms with van der Waals surface area (Å²) in [6.07, 6.45) is -0.552. The highest BCUT2D eigenvalue weighted by Gasteiger charge is 2.35. The number of carbonyl (C=O) groups is 1. The topological polar surface area (TPSA) is 26.3 Å². The summed E-state index contributed by atoms with van der Waals surface area (Å²) in [6.45, 7) is 6.63. The van der Waals surface area contributed by atoms with E-state index >= 15 is 0 Å². The minimum absolute atomic E-state index is 0.0240. The number of ether oxygens (including phenoxy) is 1. The Bertz CT molecular complexity index is 826. The van der Waals surface area contributed by atoms with Gasteiger partial charge in [0.1, 0.15) is 5.75 Å². The lowest BCUT2D eigenvalue weighted by atomic mass is 9.72. The van der Waals surface area contributed by atoms with Gasteiger partial charge in [-0.1, -0.05) is 45.0 Å². The summed E-state index contributed by atoms with van der Waals surface area (Å²) in [5, 5.41) is 0.302. The van der Waals surface area contributed by atoms with Gasteiger partial charge in [0.25, 0.3) is 0 Å². The van der Waals surface area contributed by atoms with Crippen LogP contribution in [0.3, 0.4) is 0 Å². The molecule has 1 aliphatic carbocycles. The van der Waals surface area contributed by atoms with Gasteiger partial charge in [-0.3, -0.25) is 4.79 Å². The second-order valence-corrected chi connectivity index (χ2v) is 8.45. The van der Waals surface area contributed by atoms with E-state index in [4.69, 9.17) is 4.74 Å². The van der Waals surface area contributed by atoms with E-state index in [9.17, 15) is 18.0 Å². The van der Waals surface area contributed by atoms with Crippen LogP contribution in [0, 0.1) is 11.3 Å². The van der Waals surface area contributed by atoms with Gasteiger partial charge in [-0.15, -0.1) is 0 Å². The van der Waals surface area contributed by atoms with Crippen LogP contribution in [0.2, 0.25) is 0 Å². The maximum absolute atomic E-state index is 13.6. The van der Waals surface area contributed by atoms with Gasteiger partial charge in [0.2, 0.25) is 0 Å². The van der Waals surface area contributed by atoms with Crippen LogP contribution in [0.25, 0.3) is 10.8 Å². The first-order chi connectivity index (χ1) is 12.6. The number of benzene rings is 2. The molecule has 5 heteroatoms. The van der Waals surface area contributed by atoms with E-state index in [1.54, 1.807) is 12.1 Å². The van der Waals surface area contributed by atoms with Crippen molar-refractivity contribution < 1.29 is 22.7 Å². The first kappa shape index (κ1) is 19.7. The molecule has 0 aliphatic heterocycles. The summed E-state index contributed by atoms with van der Waals surface area (Å²) >= 11 is 0. The lowest BCUT2D eigenvalue weighted by Gasteiger charge is -2.37. The summed E-state index contributed by atoms with van der Waals surface area (Å²) in [5.41, 5.74) is -0.357. The van der Waals surface area contributed by atoms with E-state index in [0.29, 0.717) is 12.2 Å². The fourth-order valence-corrected chi connectivity index (χ4v) is 4.05. The Kier molecular flexibility index (Phi) is 5.24. The van der Waals surface area contributed by atoms with Crippen molar-refractivity contribution in [1.82, 2.24) is 0 Å². The number of aldehydes is 1. The summed E-state index contributed by atoms with van der Waals surface area (Å²) in [4.78, 5) is 11.7. The average Bonchev–Trinajstić information content (AvgIpc) is 2.60. The van der Waals surface area contributed by atoms with Crippen molar-refractivity contribution >= 4 is 17.1 Å². The molecule has 2 aromatic carbocycles. The van der Waals surface area contributed by atoms with Crippen molar-refractivity contribution in [2.75, 3.05) is 0 Å². The van der Waals surface area contributed by atoms with Gasteiger partial charge in [0.05, 0.1) is 17.2 Å². The Morgan fingerprint density at radius 2 is 1.59 bits per heavy atom. The molecule has 27 heavy (non-hydrogen) atoms. The van der Waals surface area contributed by atoms with Crippen molar-refractivity contribution in [3.8, 4) is 5.75 Å². The summed E-state index contributed by atoms with van der Waals surface area (Å²) in [5.74, 6) is 0.612. The predicted octanol–water partition coefficient (Wildman–Crippen LogP) is 6.65. The molecule has 0 spiro atoms. The van der Waals surface area contributed by atoms with Gasteiger partial charge in [-0.25, -0.2) is 0 Å². The fraction of sp³-hybridized carbons (Fsp3) is 0.500. The van der Waals surface area contributed by atoms with Gasteiger partial charge in [-0.05, 0) is 53.9 Å². The number of carbonyl (C=O) groups excluding carboxylic acids is 1. The molecule has 2 nitrogen and oxygen atoms in total. The van der Waals surface area contributed by atoms with Gasteiger partial charge in [-0.2, -0.15) is 13.2 Å². The lowest BCUT2D eigenvalue weighted by Crippen LogP contribution is -2.30. The molecule has 0 amide bonds. The Labute approximate surface area is 157 Å². The third-order valence-corrected chi connectivity index (χ3v) is 5.66. The largest absolute Gasteiger partial charge is 0.490 e. The van der Waals surface area contributed by atoms with E-state index in [-0.39, 0.29) is 33.6 Å². The van der Waals surface area contributed by atoms with E-state index in [0.717, 1.165) is 31.7 Å². The van der Waals surface area contributed by atoms with Crippen LogP contribution in [0.5, 0.6) is 5.75 Å². The quantitative estimate of drug-likeness (QED) is 0.559. The van der Waals surface area contributed by atoms with Crippen LogP contribution in [0.15, 0.2) is 30.3 Å². The number of hydrogen-bond donors (Lipinski definition) is 0. The Morgan fingerprint density at radius 3 is 2.11 bits per heavy atom. The summed E-state index contributed by atoms with van der Waals surface area (Å²) < 4.78 is 46.6. The molecule has 0 aromatic heterocycles. The van der Waals surface area contributed by atoms with Crippen molar-refractivity contribution in [1.29, 1.82) is 0 Å². The Balaban J connectivity index is 1.94.